The van der Waals surface area contributed by atoms with Crippen LogP contribution in [0.15, 0.2) is 48.5 Å². The quantitative estimate of drug-likeness (QED) is 0.643. The van der Waals surface area contributed by atoms with E-state index in [1.165, 1.54) is 0 Å². The maximum atomic E-state index is 12.6. The van der Waals surface area contributed by atoms with E-state index in [4.69, 9.17) is 10.5 Å². The maximum Gasteiger partial charge on any atom is 0.278 e. The summed E-state index contributed by atoms with van der Waals surface area (Å²) in [5.41, 5.74) is 7.73. The zero-order chi connectivity index (χ0) is 19.5. The standard InChI is InChI=1S/C21H22N4O3/c22-19-15-5-1-2-6-16(15)24-25-20(19)21(27)23-13-9-11-14(12-10-13)28-18-8-4-3-7-17(18)26/h1-2,5-6,9-12,17-18,26H,3-4,7-8H2,(H2,22,24)(H,23,27)/t17-,18-/m1/s1. The molecule has 2 atom stereocenters. The molecule has 1 fully saturated rings. The smallest absolute Gasteiger partial charge is 0.278 e. The van der Waals surface area contributed by atoms with E-state index >= 15 is 0 Å². The van der Waals surface area contributed by atoms with E-state index < -0.39 is 12.0 Å². The van der Waals surface area contributed by atoms with E-state index in [-0.39, 0.29) is 11.8 Å². The van der Waals surface area contributed by atoms with Crippen molar-refractivity contribution >= 4 is 28.2 Å². The number of nitrogens with two attached hydrogens (primary N) is 1. The van der Waals surface area contributed by atoms with E-state index in [0.29, 0.717) is 28.0 Å². The van der Waals surface area contributed by atoms with Crippen LogP contribution >= 0.6 is 0 Å². The van der Waals surface area contributed by atoms with Gasteiger partial charge in [0.05, 0.1) is 17.3 Å². The Bertz CT molecular complexity index is 991. The average Bonchev–Trinajstić information content (AvgIpc) is 2.71. The fraction of sp³-hybridized carbons (Fsp3) is 0.286. The molecule has 0 bridgehead atoms. The summed E-state index contributed by atoms with van der Waals surface area (Å²) in [5, 5.41) is 21.5. The number of nitrogens with one attached hydrogen (secondary N) is 1. The number of hydrogen-bond acceptors (Lipinski definition) is 6. The Balaban J connectivity index is 1.45. The second-order valence-electron chi connectivity index (χ2n) is 6.97. The average molecular weight is 378 g/mol. The van der Waals surface area contributed by atoms with Gasteiger partial charge in [0.15, 0.2) is 5.69 Å². The highest BCUT2D eigenvalue weighted by Gasteiger charge is 2.24. The van der Waals surface area contributed by atoms with Crippen LogP contribution in [0.25, 0.3) is 10.9 Å². The molecule has 0 unspecified atom stereocenters. The van der Waals surface area contributed by atoms with E-state index in [0.717, 1.165) is 25.7 Å². The summed E-state index contributed by atoms with van der Waals surface area (Å²) in [6.45, 7) is 0. The van der Waals surface area contributed by atoms with E-state index in [1.54, 1.807) is 30.3 Å². The van der Waals surface area contributed by atoms with Crippen molar-refractivity contribution in [3.63, 3.8) is 0 Å². The Hall–Kier alpha value is -3.19. The summed E-state index contributed by atoms with van der Waals surface area (Å²) in [7, 11) is 0. The zero-order valence-corrected chi connectivity index (χ0v) is 15.3. The van der Waals surface area contributed by atoms with Crippen LogP contribution < -0.4 is 15.8 Å². The number of aromatic nitrogens is 2. The zero-order valence-electron chi connectivity index (χ0n) is 15.3. The molecule has 0 saturated heterocycles. The van der Waals surface area contributed by atoms with Gasteiger partial charge in [-0.3, -0.25) is 4.79 Å². The van der Waals surface area contributed by atoms with E-state index in [2.05, 4.69) is 15.5 Å². The highest BCUT2D eigenvalue weighted by Crippen LogP contribution is 2.26. The lowest BCUT2D eigenvalue weighted by atomic mass is 9.95. The molecule has 1 amide bonds. The number of nitrogens with zero attached hydrogens (tertiary/aromatic N) is 2. The van der Waals surface area contributed by atoms with Gasteiger partial charge in [-0.1, -0.05) is 24.6 Å². The largest absolute Gasteiger partial charge is 0.488 e. The lowest BCUT2D eigenvalue weighted by molar-refractivity contribution is 0.00688. The van der Waals surface area contributed by atoms with Gasteiger partial charge in [-0.15, -0.1) is 10.2 Å². The first-order valence-electron chi connectivity index (χ1n) is 9.39. The molecular weight excluding hydrogens is 356 g/mol. The third-order valence-corrected chi connectivity index (χ3v) is 4.99. The van der Waals surface area contributed by atoms with Crippen molar-refractivity contribution in [3.05, 3.63) is 54.2 Å². The Labute approximate surface area is 162 Å². The van der Waals surface area contributed by atoms with Gasteiger partial charge in [-0.2, -0.15) is 0 Å². The van der Waals surface area contributed by atoms with Crippen LogP contribution in [0.1, 0.15) is 36.2 Å². The molecule has 1 saturated carbocycles. The first-order valence-corrected chi connectivity index (χ1v) is 9.39. The van der Waals surface area contributed by atoms with Crippen LogP contribution in [0.2, 0.25) is 0 Å². The molecule has 4 rings (SSSR count). The molecule has 2 aromatic carbocycles. The SMILES string of the molecule is Nc1c(C(=O)Nc2ccc(O[C@@H]3CCCC[C@H]3O)cc2)nnc2ccccc12. The summed E-state index contributed by atoms with van der Waals surface area (Å²) >= 11 is 0. The number of hydrogen-bond donors (Lipinski definition) is 3. The molecule has 28 heavy (non-hydrogen) atoms. The van der Waals surface area contributed by atoms with Gasteiger partial charge in [-0.25, -0.2) is 0 Å². The summed E-state index contributed by atoms with van der Waals surface area (Å²) in [6.07, 6.45) is 3.10. The van der Waals surface area contributed by atoms with Crippen LogP contribution in [0.3, 0.4) is 0 Å². The third kappa shape index (κ3) is 3.75. The number of carbonyl (C=O) groups is 1. The summed E-state index contributed by atoms with van der Waals surface area (Å²) in [6, 6.07) is 14.3. The second-order valence-corrected chi connectivity index (χ2v) is 6.97. The predicted molar refractivity (Wildman–Crippen MR) is 107 cm³/mol. The molecule has 1 aromatic heterocycles. The van der Waals surface area contributed by atoms with Crippen molar-refractivity contribution in [3.8, 4) is 5.75 Å². The van der Waals surface area contributed by atoms with Crippen molar-refractivity contribution in [2.24, 2.45) is 0 Å². The number of carbonyl (C=O) groups excluding carboxylic acids is 1. The lowest BCUT2D eigenvalue weighted by Gasteiger charge is -2.28. The van der Waals surface area contributed by atoms with Gasteiger partial charge in [0.2, 0.25) is 0 Å². The van der Waals surface area contributed by atoms with Crippen molar-refractivity contribution in [1.82, 2.24) is 10.2 Å². The molecule has 7 nitrogen and oxygen atoms in total. The first kappa shape index (κ1) is 18.2. The van der Waals surface area contributed by atoms with E-state index in [9.17, 15) is 9.90 Å². The molecule has 144 valence electrons. The minimum Gasteiger partial charge on any atom is -0.488 e. The van der Waals surface area contributed by atoms with Gasteiger partial charge >= 0.3 is 0 Å². The third-order valence-electron chi connectivity index (χ3n) is 4.99. The van der Waals surface area contributed by atoms with Crippen LogP contribution in [-0.2, 0) is 0 Å². The Morgan fingerprint density at radius 2 is 1.82 bits per heavy atom. The lowest BCUT2D eigenvalue weighted by Crippen LogP contribution is -2.34. The number of nitrogen functional groups attached to an aromatic ring is 1. The van der Waals surface area contributed by atoms with E-state index in [1.807, 2.05) is 18.2 Å². The van der Waals surface area contributed by atoms with Gasteiger partial charge in [0, 0.05) is 11.1 Å². The van der Waals surface area contributed by atoms with Crippen LogP contribution in [0.5, 0.6) is 5.75 Å². The molecule has 1 aliphatic carbocycles. The summed E-state index contributed by atoms with van der Waals surface area (Å²) in [5.74, 6) is 0.237. The number of aliphatic hydroxyl groups excluding tert-OH is 1. The van der Waals surface area contributed by atoms with Crippen LogP contribution in [-0.4, -0.2) is 33.4 Å². The number of amides is 1. The minimum atomic E-state index is -0.428. The fourth-order valence-corrected chi connectivity index (χ4v) is 3.44. The molecular formula is C21H22N4O3. The number of benzene rings is 2. The highest BCUT2D eigenvalue weighted by molar-refractivity contribution is 6.10. The number of ether oxygens (including phenoxy) is 1. The summed E-state index contributed by atoms with van der Waals surface area (Å²) < 4.78 is 5.87. The van der Waals surface area contributed by atoms with Gasteiger partial charge in [0.25, 0.3) is 5.91 Å². The fourth-order valence-electron chi connectivity index (χ4n) is 3.44. The molecule has 1 heterocycles. The van der Waals surface area contributed by atoms with Gasteiger partial charge < -0.3 is 20.9 Å². The Morgan fingerprint density at radius 3 is 2.61 bits per heavy atom. The first-order chi connectivity index (χ1) is 13.6. The van der Waals surface area contributed by atoms with Gasteiger partial charge in [-0.05, 0) is 49.6 Å². The Morgan fingerprint density at radius 1 is 1.07 bits per heavy atom. The maximum absolute atomic E-state index is 12.6. The molecule has 0 spiro atoms. The molecule has 0 radical (unpaired) electrons. The molecule has 0 aliphatic heterocycles. The van der Waals surface area contributed by atoms with Crippen LogP contribution in [0, 0.1) is 0 Å². The molecule has 4 N–H and O–H groups in total. The predicted octanol–water partition coefficient (Wildman–Crippen LogP) is 3.15. The number of fused-ring (bicyclic) bond motifs is 1. The van der Waals surface area contributed by atoms with Gasteiger partial charge in [0.1, 0.15) is 11.9 Å². The second kappa shape index (κ2) is 7.82. The van der Waals surface area contributed by atoms with Crippen molar-refractivity contribution in [2.75, 3.05) is 11.1 Å². The number of aliphatic hydroxyl groups is 1. The molecule has 7 heteroatoms. The van der Waals surface area contributed by atoms with Crippen molar-refractivity contribution in [1.29, 1.82) is 0 Å². The summed E-state index contributed by atoms with van der Waals surface area (Å²) in [4.78, 5) is 12.6. The number of anilines is 2. The molecule has 1 aliphatic rings. The molecule has 3 aromatic rings. The van der Waals surface area contributed by atoms with Crippen molar-refractivity contribution < 1.29 is 14.6 Å². The van der Waals surface area contributed by atoms with Crippen molar-refractivity contribution in [2.45, 2.75) is 37.9 Å². The minimum absolute atomic E-state index is 0.0874. The number of rotatable bonds is 4. The topological polar surface area (TPSA) is 110 Å². The highest BCUT2D eigenvalue weighted by atomic mass is 16.5. The Kier molecular flexibility index (Phi) is 5.08. The van der Waals surface area contributed by atoms with Crippen LogP contribution in [0.4, 0.5) is 11.4 Å². The monoisotopic (exact) mass is 378 g/mol. The normalized spacial score (nSPS) is 19.3.